The Morgan fingerprint density at radius 3 is 2.62 bits per heavy atom. The van der Waals surface area contributed by atoms with Gasteiger partial charge in [-0.2, -0.15) is 5.10 Å². The topological polar surface area (TPSA) is 47.1 Å². The first-order chi connectivity index (χ1) is 10.1. The molecule has 2 rings (SSSR count). The fraction of sp³-hybridized carbons (Fsp3) is 0.438. The molecule has 0 aliphatic rings. The average Bonchev–Trinajstić information content (AvgIpc) is 2.75. The van der Waals surface area contributed by atoms with Crippen molar-refractivity contribution in [3.63, 3.8) is 0 Å². The van der Waals surface area contributed by atoms with E-state index >= 15 is 0 Å². The minimum Gasteiger partial charge on any atom is -0.397 e. The van der Waals surface area contributed by atoms with Crippen molar-refractivity contribution in [1.29, 1.82) is 0 Å². The molecule has 0 unspecified atom stereocenters. The molecule has 2 N–H and O–H groups in total. The number of hydrogen-bond acceptors (Lipinski definition) is 3. The standard InChI is InChI=1S/C16H23ClN4/c1-4-10-20(14-9-7-6-8-13(14)18)11-15-16(17)12(3)19-21(15)5-2/h6-9H,4-5,10-11,18H2,1-3H3. The van der Waals surface area contributed by atoms with Crippen LogP contribution in [0.4, 0.5) is 11.4 Å². The lowest BCUT2D eigenvalue weighted by molar-refractivity contribution is 0.604. The van der Waals surface area contributed by atoms with Gasteiger partial charge in [0, 0.05) is 13.1 Å². The summed E-state index contributed by atoms with van der Waals surface area (Å²) in [6.45, 7) is 8.64. The third-order valence-electron chi connectivity index (χ3n) is 3.56. The number of hydrogen-bond donors (Lipinski definition) is 1. The van der Waals surface area contributed by atoms with Gasteiger partial charge in [-0.25, -0.2) is 0 Å². The zero-order valence-corrected chi connectivity index (χ0v) is 13.7. The van der Waals surface area contributed by atoms with Crippen LogP contribution < -0.4 is 10.6 Å². The summed E-state index contributed by atoms with van der Waals surface area (Å²) in [4.78, 5) is 2.27. The van der Waals surface area contributed by atoms with Crippen molar-refractivity contribution in [3.05, 3.63) is 40.7 Å². The molecule has 2 aromatic rings. The Morgan fingerprint density at radius 1 is 1.29 bits per heavy atom. The molecule has 1 aromatic carbocycles. The van der Waals surface area contributed by atoms with Gasteiger partial charge in [0.2, 0.25) is 0 Å². The van der Waals surface area contributed by atoms with Crippen LogP contribution in [-0.2, 0) is 13.1 Å². The zero-order chi connectivity index (χ0) is 15.4. The lowest BCUT2D eigenvalue weighted by Crippen LogP contribution is -2.26. The SMILES string of the molecule is CCCN(Cc1c(Cl)c(C)nn1CC)c1ccccc1N. The van der Waals surface area contributed by atoms with Crippen molar-refractivity contribution >= 4 is 23.0 Å². The van der Waals surface area contributed by atoms with E-state index in [0.717, 1.165) is 53.8 Å². The van der Waals surface area contributed by atoms with Crippen LogP contribution in [0, 0.1) is 6.92 Å². The largest absolute Gasteiger partial charge is 0.397 e. The minimum atomic E-state index is 0.718. The number of aromatic nitrogens is 2. The molecule has 0 saturated carbocycles. The first-order valence-corrected chi connectivity index (χ1v) is 7.77. The number of para-hydroxylation sites is 2. The van der Waals surface area contributed by atoms with Gasteiger partial charge in [0.1, 0.15) is 0 Å². The van der Waals surface area contributed by atoms with Gasteiger partial charge in [0.25, 0.3) is 0 Å². The molecule has 1 aromatic heterocycles. The van der Waals surface area contributed by atoms with Crippen LogP contribution in [-0.4, -0.2) is 16.3 Å². The van der Waals surface area contributed by atoms with E-state index in [0.29, 0.717) is 0 Å². The number of anilines is 2. The predicted octanol–water partition coefficient (Wildman–Crippen LogP) is 3.86. The summed E-state index contributed by atoms with van der Waals surface area (Å²) in [6, 6.07) is 7.95. The molecule has 1 heterocycles. The van der Waals surface area contributed by atoms with Crippen LogP contribution in [0.5, 0.6) is 0 Å². The van der Waals surface area contributed by atoms with Crippen LogP contribution >= 0.6 is 11.6 Å². The van der Waals surface area contributed by atoms with E-state index in [1.54, 1.807) is 0 Å². The average molecular weight is 307 g/mol. The van der Waals surface area contributed by atoms with E-state index in [1.165, 1.54) is 0 Å². The maximum Gasteiger partial charge on any atom is 0.0865 e. The van der Waals surface area contributed by atoms with Gasteiger partial charge < -0.3 is 10.6 Å². The zero-order valence-electron chi connectivity index (χ0n) is 12.9. The molecular weight excluding hydrogens is 284 g/mol. The Morgan fingerprint density at radius 2 is 2.00 bits per heavy atom. The minimum absolute atomic E-state index is 0.718. The number of nitrogens with zero attached hydrogens (tertiary/aromatic N) is 3. The Balaban J connectivity index is 2.35. The van der Waals surface area contributed by atoms with E-state index in [2.05, 4.69) is 29.9 Å². The van der Waals surface area contributed by atoms with E-state index in [9.17, 15) is 0 Å². The molecule has 4 nitrogen and oxygen atoms in total. The summed E-state index contributed by atoms with van der Waals surface area (Å²) in [5, 5.41) is 5.24. The normalized spacial score (nSPS) is 10.9. The maximum atomic E-state index is 6.42. The first-order valence-electron chi connectivity index (χ1n) is 7.39. The van der Waals surface area contributed by atoms with Crippen LogP contribution in [0.1, 0.15) is 31.7 Å². The summed E-state index contributed by atoms with van der Waals surface area (Å²) in [5.74, 6) is 0. The number of rotatable bonds is 6. The van der Waals surface area contributed by atoms with Crippen molar-refractivity contribution in [2.24, 2.45) is 0 Å². The van der Waals surface area contributed by atoms with Crippen molar-refractivity contribution in [1.82, 2.24) is 9.78 Å². The molecule has 5 heteroatoms. The first kappa shape index (κ1) is 15.7. The number of nitrogens with two attached hydrogens (primary N) is 1. The second-order valence-corrected chi connectivity index (χ2v) is 5.52. The Hall–Kier alpha value is -1.68. The Kier molecular flexibility index (Phi) is 5.12. The van der Waals surface area contributed by atoms with Crippen molar-refractivity contribution in [2.45, 2.75) is 40.3 Å². The molecule has 21 heavy (non-hydrogen) atoms. The fourth-order valence-corrected chi connectivity index (χ4v) is 2.73. The highest BCUT2D eigenvalue weighted by atomic mass is 35.5. The van der Waals surface area contributed by atoms with E-state index in [-0.39, 0.29) is 0 Å². The van der Waals surface area contributed by atoms with E-state index in [1.807, 2.05) is 29.8 Å². The number of nitrogen functional groups attached to an aromatic ring is 1. The van der Waals surface area contributed by atoms with Gasteiger partial charge in [-0.3, -0.25) is 4.68 Å². The molecule has 0 atom stereocenters. The molecule has 0 amide bonds. The van der Waals surface area contributed by atoms with E-state index < -0.39 is 0 Å². The smallest absolute Gasteiger partial charge is 0.0865 e. The van der Waals surface area contributed by atoms with Gasteiger partial charge in [-0.05, 0) is 32.4 Å². The van der Waals surface area contributed by atoms with Crippen LogP contribution in [0.15, 0.2) is 24.3 Å². The molecule has 0 saturated heterocycles. The van der Waals surface area contributed by atoms with E-state index in [4.69, 9.17) is 17.3 Å². The van der Waals surface area contributed by atoms with Crippen molar-refractivity contribution in [3.8, 4) is 0 Å². The number of aryl methyl sites for hydroxylation is 2. The van der Waals surface area contributed by atoms with Crippen LogP contribution in [0.2, 0.25) is 5.02 Å². The second-order valence-electron chi connectivity index (χ2n) is 5.14. The fourth-order valence-electron chi connectivity index (χ4n) is 2.53. The molecular formula is C16H23ClN4. The van der Waals surface area contributed by atoms with Gasteiger partial charge in [0.15, 0.2) is 0 Å². The highest BCUT2D eigenvalue weighted by Gasteiger charge is 2.17. The molecule has 0 bridgehead atoms. The molecule has 0 fully saturated rings. The molecule has 114 valence electrons. The third-order valence-corrected chi connectivity index (χ3v) is 4.06. The van der Waals surface area contributed by atoms with Gasteiger partial charge in [-0.15, -0.1) is 0 Å². The van der Waals surface area contributed by atoms with Crippen molar-refractivity contribution < 1.29 is 0 Å². The molecule has 0 spiro atoms. The maximum absolute atomic E-state index is 6.42. The summed E-state index contributed by atoms with van der Waals surface area (Å²) in [6.07, 6.45) is 1.05. The molecule has 0 radical (unpaired) electrons. The monoisotopic (exact) mass is 306 g/mol. The Bertz CT molecular complexity index is 606. The third kappa shape index (κ3) is 3.32. The summed E-state index contributed by atoms with van der Waals surface area (Å²) >= 11 is 6.42. The van der Waals surface area contributed by atoms with Gasteiger partial charge in [0.05, 0.1) is 34.3 Å². The highest BCUT2D eigenvalue weighted by Crippen LogP contribution is 2.28. The predicted molar refractivity (Wildman–Crippen MR) is 89.8 cm³/mol. The second kappa shape index (κ2) is 6.85. The molecule has 0 aliphatic carbocycles. The van der Waals surface area contributed by atoms with Crippen LogP contribution in [0.25, 0.3) is 0 Å². The molecule has 0 aliphatic heterocycles. The van der Waals surface area contributed by atoms with Crippen LogP contribution in [0.3, 0.4) is 0 Å². The van der Waals surface area contributed by atoms with Crippen molar-refractivity contribution in [2.75, 3.05) is 17.2 Å². The number of halogens is 1. The Labute approximate surface area is 131 Å². The van der Waals surface area contributed by atoms with Gasteiger partial charge >= 0.3 is 0 Å². The van der Waals surface area contributed by atoms with Gasteiger partial charge in [-0.1, -0.05) is 30.7 Å². The lowest BCUT2D eigenvalue weighted by atomic mass is 10.2. The number of benzene rings is 1. The lowest BCUT2D eigenvalue weighted by Gasteiger charge is -2.26. The summed E-state index contributed by atoms with van der Waals surface area (Å²) < 4.78 is 1.97. The highest BCUT2D eigenvalue weighted by molar-refractivity contribution is 6.31. The quantitative estimate of drug-likeness (QED) is 0.824. The summed E-state index contributed by atoms with van der Waals surface area (Å²) in [5.41, 5.74) is 9.90. The summed E-state index contributed by atoms with van der Waals surface area (Å²) in [7, 11) is 0.